The van der Waals surface area contributed by atoms with Gasteiger partial charge in [-0.3, -0.25) is 0 Å². The van der Waals surface area contributed by atoms with Gasteiger partial charge < -0.3 is 24.3 Å². The number of piperidine rings is 1. The van der Waals surface area contributed by atoms with E-state index in [0.717, 1.165) is 29.5 Å². The minimum absolute atomic E-state index is 0.0604. The van der Waals surface area contributed by atoms with Crippen LogP contribution in [0.2, 0.25) is 0 Å². The lowest BCUT2D eigenvalue weighted by Crippen LogP contribution is -2.46. The Kier molecular flexibility index (Phi) is 6.41. The Labute approximate surface area is 198 Å². The van der Waals surface area contributed by atoms with E-state index in [1.807, 2.05) is 49.1 Å². The second-order valence-electron chi connectivity index (χ2n) is 9.41. The van der Waals surface area contributed by atoms with E-state index < -0.39 is 0 Å². The van der Waals surface area contributed by atoms with Crippen LogP contribution in [0.15, 0.2) is 46.9 Å². The van der Waals surface area contributed by atoms with Crippen LogP contribution in [0.25, 0.3) is 11.1 Å². The first-order chi connectivity index (χ1) is 16.5. The number of amides is 2. The van der Waals surface area contributed by atoms with E-state index in [1.165, 1.54) is 6.07 Å². The van der Waals surface area contributed by atoms with Crippen LogP contribution in [-0.4, -0.2) is 54.3 Å². The molecule has 7 nitrogen and oxygen atoms in total. The zero-order valence-electron chi connectivity index (χ0n) is 19.7. The number of nitrogens with zero attached hydrogens (tertiary/aromatic N) is 3. The van der Waals surface area contributed by atoms with Gasteiger partial charge >= 0.3 is 6.03 Å². The van der Waals surface area contributed by atoms with E-state index in [9.17, 15) is 9.18 Å². The lowest BCUT2D eigenvalue weighted by Gasteiger charge is -2.37. The van der Waals surface area contributed by atoms with E-state index in [-0.39, 0.29) is 36.5 Å². The number of nitrogens with one attached hydrogen (secondary N) is 1. The van der Waals surface area contributed by atoms with Crippen LogP contribution in [0.4, 0.5) is 14.9 Å². The van der Waals surface area contributed by atoms with Crippen molar-refractivity contribution in [3.63, 3.8) is 0 Å². The number of hydrogen-bond donors (Lipinski definition) is 1. The van der Waals surface area contributed by atoms with Crippen LogP contribution in [0, 0.1) is 5.82 Å². The predicted octanol–water partition coefficient (Wildman–Crippen LogP) is 4.67. The zero-order chi connectivity index (χ0) is 23.7. The molecule has 0 radical (unpaired) electrons. The average Bonchev–Trinajstić information content (AvgIpc) is 3.26. The number of anilines is 1. The van der Waals surface area contributed by atoms with Crippen molar-refractivity contribution < 1.29 is 18.3 Å². The molecule has 2 aliphatic heterocycles. The van der Waals surface area contributed by atoms with Crippen LogP contribution in [0.1, 0.15) is 44.1 Å². The van der Waals surface area contributed by atoms with E-state index >= 15 is 0 Å². The molecule has 2 fully saturated rings. The smallest absolute Gasteiger partial charge is 0.317 e. The molecule has 0 saturated carbocycles. The molecular weight excluding hydrogens is 435 g/mol. The minimum atomic E-state index is -0.276. The van der Waals surface area contributed by atoms with Crippen molar-refractivity contribution in [2.45, 2.75) is 51.4 Å². The van der Waals surface area contributed by atoms with E-state index in [4.69, 9.17) is 9.15 Å². The van der Waals surface area contributed by atoms with Gasteiger partial charge in [0.25, 0.3) is 0 Å². The third-order valence-electron chi connectivity index (χ3n) is 6.58. The Morgan fingerprint density at radius 1 is 1.15 bits per heavy atom. The van der Waals surface area contributed by atoms with Gasteiger partial charge in [0.15, 0.2) is 11.5 Å². The molecular formula is C26H31FN4O3. The highest BCUT2D eigenvalue weighted by atomic mass is 19.1. The van der Waals surface area contributed by atoms with Gasteiger partial charge in [0.2, 0.25) is 0 Å². The molecule has 0 spiro atoms. The number of urea groups is 1. The summed E-state index contributed by atoms with van der Waals surface area (Å²) in [6.45, 7) is 6.83. The molecule has 1 aromatic heterocycles. The van der Waals surface area contributed by atoms with Crippen molar-refractivity contribution in [1.82, 2.24) is 15.2 Å². The molecule has 3 heterocycles. The van der Waals surface area contributed by atoms with Crippen LogP contribution in [0.5, 0.6) is 0 Å². The Bertz CT molecular complexity index is 1120. The number of carbonyl (C=O) groups excluding carboxylic acids is 1. The van der Waals surface area contributed by atoms with E-state index in [0.29, 0.717) is 37.8 Å². The maximum atomic E-state index is 14.9. The maximum absolute atomic E-state index is 14.9. The van der Waals surface area contributed by atoms with Crippen LogP contribution in [0.3, 0.4) is 0 Å². The molecule has 8 heteroatoms. The number of halogens is 1. The standard InChI is InChI=1S/C26H31FN4O3/c1-17-14-31(15-18(2)33-17)23-10-9-19(12-21(23)27)13-28-26(32)30-11-5-6-20(16-30)25-29-22-7-3-4-8-24(22)34-25/h3-4,7-10,12,17-18,20H,5-6,11,13-16H2,1-2H3,(H,28,32). The molecule has 2 aromatic carbocycles. The summed E-state index contributed by atoms with van der Waals surface area (Å²) < 4.78 is 26.6. The highest BCUT2D eigenvalue weighted by molar-refractivity contribution is 5.74. The van der Waals surface area contributed by atoms with Crippen LogP contribution < -0.4 is 10.2 Å². The number of morpholine rings is 1. The summed E-state index contributed by atoms with van der Waals surface area (Å²) in [5.41, 5.74) is 2.92. The first kappa shape index (κ1) is 22.7. The SMILES string of the molecule is CC1CN(c2ccc(CNC(=O)N3CCCC(c4nc5ccccc5o4)C3)cc2F)CC(C)O1. The van der Waals surface area contributed by atoms with Gasteiger partial charge in [0, 0.05) is 32.7 Å². The molecule has 0 bridgehead atoms. The lowest BCUT2D eigenvalue weighted by molar-refractivity contribution is -0.00539. The van der Waals surface area contributed by atoms with Crippen molar-refractivity contribution in [2.75, 3.05) is 31.1 Å². The number of para-hydroxylation sites is 2. The third-order valence-corrected chi connectivity index (χ3v) is 6.58. The van der Waals surface area contributed by atoms with Gasteiger partial charge in [-0.1, -0.05) is 18.2 Å². The number of ether oxygens (including phenoxy) is 1. The molecule has 1 N–H and O–H groups in total. The molecule has 0 aliphatic carbocycles. The fraction of sp³-hybridized carbons (Fsp3) is 0.462. The fourth-order valence-corrected chi connectivity index (χ4v) is 5.01. The molecule has 3 atom stereocenters. The Hall–Kier alpha value is -3.13. The number of hydrogen-bond acceptors (Lipinski definition) is 5. The predicted molar refractivity (Wildman–Crippen MR) is 128 cm³/mol. The van der Waals surface area contributed by atoms with Gasteiger partial charge in [0.05, 0.1) is 23.8 Å². The lowest BCUT2D eigenvalue weighted by atomic mass is 9.98. The highest BCUT2D eigenvalue weighted by Gasteiger charge is 2.28. The average molecular weight is 467 g/mol. The molecule has 34 heavy (non-hydrogen) atoms. The van der Waals surface area contributed by atoms with Gasteiger partial charge in [-0.05, 0) is 56.5 Å². The fourth-order valence-electron chi connectivity index (χ4n) is 5.01. The second-order valence-corrected chi connectivity index (χ2v) is 9.41. The van der Waals surface area contributed by atoms with Crippen LogP contribution in [-0.2, 0) is 11.3 Å². The maximum Gasteiger partial charge on any atom is 0.317 e. The summed E-state index contributed by atoms with van der Waals surface area (Å²) in [6, 6.07) is 12.7. The monoisotopic (exact) mass is 466 g/mol. The number of carbonyl (C=O) groups is 1. The number of oxazole rings is 1. The normalized spacial score (nSPS) is 23.3. The Morgan fingerprint density at radius 2 is 1.94 bits per heavy atom. The summed E-state index contributed by atoms with van der Waals surface area (Å²) in [4.78, 5) is 21.3. The summed E-state index contributed by atoms with van der Waals surface area (Å²) in [6.07, 6.45) is 1.94. The number of benzene rings is 2. The largest absolute Gasteiger partial charge is 0.440 e. The number of fused-ring (bicyclic) bond motifs is 1. The number of aromatic nitrogens is 1. The molecule has 2 saturated heterocycles. The first-order valence-electron chi connectivity index (χ1n) is 12.0. The molecule has 3 aromatic rings. The highest BCUT2D eigenvalue weighted by Crippen LogP contribution is 2.29. The van der Waals surface area contributed by atoms with Crippen molar-refractivity contribution in [2.24, 2.45) is 0 Å². The van der Waals surface area contributed by atoms with Crippen molar-refractivity contribution in [3.05, 3.63) is 59.7 Å². The zero-order valence-corrected chi connectivity index (χ0v) is 19.7. The number of likely N-dealkylation sites (tertiary alicyclic amines) is 1. The Balaban J connectivity index is 1.19. The van der Waals surface area contributed by atoms with E-state index in [1.54, 1.807) is 11.0 Å². The molecule has 2 amide bonds. The van der Waals surface area contributed by atoms with Crippen LogP contribution >= 0.6 is 0 Å². The van der Waals surface area contributed by atoms with Gasteiger partial charge in [-0.25, -0.2) is 14.2 Å². The number of rotatable bonds is 4. The molecule has 3 unspecified atom stereocenters. The third kappa shape index (κ3) is 4.87. The van der Waals surface area contributed by atoms with Gasteiger partial charge in [-0.2, -0.15) is 0 Å². The van der Waals surface area contributed by atoms with Crippen molar-refractivity contribution in [1.29, 1.82) is 0 Å². The minimum Gasteiger partial charge on any atom is -0.440 e. The summed E-state index contributed by atoms with van der Waals surface area (Å²) >= 11 is 0. The topological polar surface area (TPSA) is 70.8 Å². The molecule has 2 aliphatic rings. The first-order valence-corrected chi connectivity index (χ1v) is 12.0. The summed E-state index contributed by atoms with van der Waals surface area (Å²) in [5, 5.41) is 2.94. The molecule has 5 rings (SSSR count). The quantitative estimate of drug-likeness (QED) is 0.605. The molecule has 180 valence electrons. The van der Waals surface area contributed by atoms with Crippen molar-refractivity contribution in [3.8, 4) is 0 Å². The summed E-state index contributed by atoms with van der Waals surface area (Å²) in [5.74, 6) is 0.479. The van der Waals surface area contributed by atoms with Gasteiger partial charge in [-0.15, -0.1) is 0 Å². The second kappa shape index (κ2) is 9.62. The van der Waals surface area contributed by atoms with E-state index in [2.05, 4.69) is 10.3 Å². The van der Waals surface area contributed by atoms with Gasteiger partial charge in [0.1, 0.15) is 11.3 Å². The van der Waals surface area contributed by atoms with Crippen molar-refractivity contribution >= 4 is 22.8 Å². The Morgan fingerprint density at radius 3 is 2.71 bits per heavy atom. The summed E-state index contributed by atoms with van der Waals surface area (Å²) in [7, 11) is 0.